The number of nitrogens with two attached hydrogens (primary N) is 1. The molecule has 0 aromatic carbocycles. The predicted octanol–water partition coefficient (Wildman–Crippen LogP) is 0.735. The Morgan fingerprint density at radius 3 is 2.47 bits per heavy atom. The third-order valence-corrected chi connectivity index (χ3v) is 2.36. The number of nitrogens with zero attached hydrogens (tertiary/aromatic N) is 1. The van der Waals surface area contributed by atoms with E-state index in [-0.39, 0.29) is 12.5 Å². The number of unbranched alkanes of at least 4 members (excludes halogenated alkanes) is 1. The number of aliphatic hydroxyl groups is 1. The molecule has 4 heteroatoms. The highest BCUT2D eigenvalue weighted by Crippen LogP contribution is 2.03. The van der Waals surface area contributed by atoms with Crippen molar-refractivity contribution in [3.05, 3.63) is 0 Å². The molecule has 0 rings (SSSR count). The van der Waals surface area contributed by atoms with E-state index < -0.39 is 6.04 Å². The van der Waals surface area contributed by atoms with Crippen molar-refractivity contribution in [2.75, 3.05) is 19.7 Å². The van der Waals surface area contributed by atoms with E-state index in [1.807, 2.05) is 6.92 Å². The predicted molar refractivity (Wildman–Crippen MR) is 61.5 cm³/mol. The largest absolute Gasteiger partial charge is 0.395 e. The smallest absolute Gasteiger partial charge is 0.239 e. The second-order valence-electron chi connectivity index (χ2n) is 3.80. The Morgan fingerprint density at radius 2 is 2.00 bits per heavy atom. The van der Waals surface area contributed by atoms with Crippen LogP contribution in [0, 0.1) is 0 Å². The van der Waals surface area contributed by atoms with E-state index in [4.69, 9.17) is 10.8 Å². The molecule has 0 saturated heterocycles. The minimum atomic E-state index is -0.400. The van der Waals surface area contributed by atoms with Gasteiger partial charge < -0.3 is 15.7 Å². The van der Waals surface area contributed by atoms with Crippen LogP contribution in [0.3, 0.4) is 0 Å². The van der Waals surface area contributed by atoms with Gasteiger partial charge in [-0.05, 0) is 12.8 Å². The van der Waals surface area contributed by atoms with Crippen LogP contribution in [0.25, 0.3) is 0 Å². The summed E-state index contributed by atoms with van der Waals surface area (Å²) in [6, 6.07) is -0.400. The van der Waals surface area contributed by atoms with E-state index in [1.165, 1.54) is 0 Å². The van der Waals surface area contributed by atoms with E-state index in [9.17, 15) is 4.79 Å². The number of amides is 1. The van der Waals surface area contributed by atoms with E-state index >= 15 is 0 Å². The van der Waals surface area contributed by atoms with Gasteiger partial charge in [0, 0.05) is 13.1 Å². The van der Waals surface area contributed by atoms with Gasteiger partial charge in [-0.15, -0.1) is 0 Å². The molecular weight excluding hydrogens is 192 g/mol. The van der Waals surface area contributed by atoms with E-state index in [0.717, 1.165) is 25.7 Å². The number of aliphatic hydroxyl groups excluding tert-OH is 1. The Labute approximate surface area is 92.4 Å². The Morgan fingerprint density at radius 1 is 1.33 bits per heavy atom. The van der Waals surface area contributed by atoms with Crippen molar-refractivity contribution in [1.29, 1.82) is 0 Å². The van der Waals surface area contributed by atoms with Crippen LogP contribution in [-0.2, 0) is 4.79 Å². The van der Waals surface area contributed by atoms with Gasteiger partial charge in [-0.3, -0.25) is 4.79 Å². The molecule has 0 unspecified atom stereocenters. The first-order valence-electron chi connectivity index (χ1n) is 5.82. The number of rotatable bonds is 8. The zero-order chi connectivity index (χ0) is 11.7. The maximum atomic E-state index is 11.8. The molecule has 3 N–H and O–H groups in total. The third kappa shape index (κ3) is 5.74. The van der Waals surface area contributed by atoms with Gasteiger partial charge in [0.1, 0.15) is 0 Å². The number of carbonyl (C=O) groups excluding carboxylic acids is 1. The monoisotopic (exact) mass is 216 g/mol. The first-order chi connectivity index (χ1) is 7.17. The molecule has 0 fully saturated rings. The molecule has 1 amide bonds. The molecule has 15 heavy (non-hydrogen) atoms. The van der Waals surface area contributed by atoms with Crippen molar-refractivity contribution in [2.45, 2.75) is 45.6 Å². The second kappa shape index (κ2) is 8.68. The summed E-state index contributed by atoms with van der Waals surface area (Å²) in [6.07, 6.45) is 3.66. The Balaban J connectivity index is 4.08. The van der Waals surface area contributed by atoms with Crippen LogP contribution in [-0.4, -0.2) is 41.7 Å². The summed E-state index contributed by atoms with van der Waals surface area (Å²) in [5, 5.41) is 8.84. The zero-order valence-electron chi connectivity index (χ0n) is 9.91. The summed E-state index contributed by atoms with van der Waals surface area (Å²) in [4.78, 5) is 13.5. The lowest BCUT2D eigenvalue weighted by molar-refractivity contribution is -0.133. The fraction of sp³-hybridized carbons (Fsp3) is 0.909. The maximum Gasteiger partial charge on any atom is 0.239 e. The fourth-order valence-electron chi connectivity index (χ4n) is 1.50. The third-order valence-electron chi connectivity index (χ3n) is 2.36. The molecule has 1 atom stereocenters. The average molecular weight is 216 g/mol. The first kappa shape index (κ1) is 14.4. The van der Waals surface area contributed by atoms with Crippen molar-refractivity contribution < 1.29 is 9.90 Å². The van der Waals surface area contributed by atoms with E-state index in [0.29, 0.717) is 13.1 Å². The molecule has 0 aliphatic carbocycles. The molecule has 0 aliphatic heterocycles. The maximum absolute atomic E-state index is 11.8. The van der Waals surface area contributed by atoms with Gasteiger partial charge >= 0.3 is 0 Å². The molecule has 0 radical (unpaired) electrons. The number of hydrogen-bond acceptors (Lipinski definition) is 3. The molecule has 4 nitrogen and oxygen atoms in total. The molecule has 0 aromatic heterocycles. The summed E-state index contributed by atoms with van der Waals surface area (Å²) >= 11 is 0. The molecule has 90 valence electrons. The van der Waals surface area contributed by atoms with Crippen LogP contribution in [0.2, 0.25) is 0 Å². The Bertz CT molecular complexity index is 168. The number of hydrogen-bond donors (Lipinski definition) is 2. The van der Waals surface area contributed by atoms with E-state index in [1.54, 1.807) is 4.90 Å². The topological polar surface area (TPSA) is 66.6 Å². The summed E-state index contributed by atoms with van der Waals surface area (Å²) in [6.45, 7) is 5.17. The highest BCUT2D eigenvalue weighted by molar-refractivity contribution is 5.81. The SMILES string of the molecule is CCCC[C@H](N)C(=O)N(CCC)CCO. The van der Waals surface area contributed by atoms with Crippen LogP contribution in [0.4, 0.5) is 0 Å². The molecule has 0 aromatic rings. The van der Waals surface area contributed by atoms with Crippen LogP contribution in [0.1, 0.15) is 39.5 Å². The Kier molecular flexibility index (Phi) is 8.33. The Hall–Kier alpha value is -0.610. The van der Waals surface area contributed by atoms with Gasteiger partial charge in [-0.1, -0.05) is 26.7 Å². The van der Waals surface area contributed by atoms with Crippen LogP contribution < -0.4 is 5.73 Å². The normalized spacial score (nSPS) is 12.5. The average Bonchev–Trinajstić information content (AvgIpc) is 2.24. The van der Waals surface area contributed by atoms with Crippen LogP contribution in [0.5, 0.6) is 0 Å². The van der Waals surface area contributed by atoms with Crippen LogP contribution >= 0.6 is 0 Å². The van der Waals surface area contributed by atoms with Gasteiger partial charge in [0.2, 0.25) is 5.91 Å². The van der Waals surface area contributed by atoms with Gasteiger partial charge in [0.05, 0.1) is 12.6 Å². The number of carbonyl (C=O) groups is 1. The molecule has 0 saturated carbocycles. The summed E-state index contributed by atoms with van der Waals surface area (Å²) < 4.78 is 0. The van der Waals surface area contributed by atoms with Crippen molar-refractivity contribution >= 4 is 5.91 Å². The minimum absolute atomic E-state index is 0.00619. The highest BCUT2D eigenvalue weighted by Gasteiger charge is 2.19. The lowest BCUT2D eigenvalue weighted by Gasteiger charge is -2.24. The van der Waals surface area contributed by atoms with Gasteiger partial charge in [-0.25, -0.2) is 0 Å². The second-order valence-corrected chi connectivity index (χ2v) is 3.80. The van der Waals surface area contributed by atoms with Crippen molar-refractivity contribution in [3.8, 4) is 0 Å². The van der Waals surface area contributed by atoms with Crippen molar-refractivity contribution in [2.24, 2.45) is 5.73 Å². The molecule has 0 bridgehead atoms. The molecular formula is C11H24N2O2. The minimum Gasteiger partial charge on any atom is -0.395 e. The van der Waals surface area contributed by atoms with Gasteiger partial charge in [0.15, 0.2) is 0 Å². The van der Waals surface area contributed by atoms with E-state index in [2.05, 4.69) is 6.92 Å². The molecule has 0 aliphatic rings. The fourth-order valence-corrected chi connectivity index (χ4v) is 1.50. The summed E-state index contributed by atoms with van der Waals surface area (Å²) in [5.41, 5.74) is 5.79. The summed E-state index contributed by atoms with van der Waals surface area (Å²) in [5.74, 6) is -0.0284. The lowest BCUT2D eigenvalue weighted by atomic mass is 10.1. The van der Waals surface area contributed by atoms with Gasteiger partial charge in [-0.2, -0.15) is 0 Å². The molecule has 0 heterocycles. The quantitative estimate of drug-likeness (QED) is 0.628. The zero-order valence-corrected chi connectivity index (χ0v) is 9.91. The van der Waals surface area contributed by atoms with Gasteiger partial charge in [0.25, 0.3) is 0 Å². The van der Waals surface area contributed by atoms with Crippen molar-refractivity contribution in [1.82, 2.24) is 4.90 Å². The molecule has 0 spiro atoms. The summed E-state index contributed by atoms with van der Waals surface area (Å²) in [7, 11) is 0. The van der Waals surface area contributed by atoms with Crippen molar-refractivity contribution in [3.63, 3.8) is 0 Å². The lowest BCUT2D eigenvalue weighted by Crippen LogP contribution is -2.45. The highest BCUT2D eigenvalue weighted by atomic mass is 16.3. The van der Waals surface area contributed by atoms with Crippen LogP contribution in [0.15, 0.2) is 0 Å². The standard InChI is InChI=1S/C11H24N2O2/c1-3-5-6-10(12)11(15)13(7-4-2)8-9-14/h10,14H,3-9,12H2,1-2H3/t10-/m0/s1. The first-order valence-corrected chi connectivity index (χ1v) is 5.82.